The molecule has 1 atom stereocenters. The van der Waals surface area contributed by atoms with Crippen LogP contribution in [0.5, 0.6) is 0 Å². The van der Waals surface area contributed by atoms with Crippen molar-refractivity contribution < 1.29 is 9.21 Å². The Morgan fingerprint density at radius 3 is 2.48 bits per heavy atom. The van der Waals surface area contributed by atoms with Crippen LogP contribution in [0.15, 0.2) is 40.8 Å². The summed E-state index contributed by atoms with van der Waals surface area (Å²) in [6.07, 6.45) is 2.38. The molecule has 2 heterocycles. The molecule has 2 aromatic rings. The lowest BCUT2D eigenvalue weighted by Gasteiger charge is -2.26. The standard InChI is InChI=1S/C18H23N3O2.2ClH/c1-13-8-9-17(23-13)16(21-10-4-5-11-21)12-20-18(22)14-6-2-3-7-15(14)19;;/h2-3,6-9,16H,4-5,10-12,19H2,1H3,(H,20,22);2*1H. The van der Waals surface area contributed by atoms with Crippen LogP contribution in [0.25, 0.3) is 0 Å². The highest BCUT2D eigenvalue weighted by Gasteiger charge is 2.26. The Bertz CT molecular complexity index is 684. The van der Waals surface area contributed by atoms with E-state index in [0.717, 1.165) is 24.6 Å². The average Bonchev–Trinajstić information content (AvgIpc) is 3.20. The van der Waals surface area contributed by atoms with E-state index in [4.69, 9.17) is 10.2 Å². The number of carbonyl (C=O) groups excluding carboxylic acids is 1. The van der Waals surface area contributed by atoms with Crippen molar-refractivity contribution in [2.75, 3.05) is 25.4 Å². The molecular formula is C18H25Cl2N3O2. The molecule has 138 valence electrons. The van der Waals surface area contributed by atoms with Crippen LogP contribution in [-0.4, -0.2) is 30.4 Å². The number of likely N-dealkylation sites (tertiary alicyclic amines) is 1. The predicted molar refractivity (Wildman–Crippen MR) is 105 cm³/mol. The number of para-hydroxylation sites is 1. The van der Waals surface area contributed by atoms with Crippen molar-refractivity contribution in [3.8, 4) is 0 Å². The number of nitrogens with two attached hydrogens (primary N) is 1. The predicted octanol–water partition coefficient (Wildman–Crippen LogP) is 3.58. The number of anilines is 1. The van der Waals surface area contributed by atoms with E-state index >= 15 is 0 Å². The highest BCUT2D eigenvalue weighted by Crippen LogP contribution is 2.26. The maximum absolute atomic E-state index is 12.4. The first-order chi connectivity index (χ1) is 11.1. The number of halogens is 2. The number of nitrogen functional groups attached to an aromatic ring is 1. The second-order valence-electron chi connectivity index (χ2n) is 6.00. The van der Waals surface area contributed by atoms with Gasteiger partial charge in [0, 0.05) is 12.2 Å². The molecule has 1 unspecified atom stereocenters. The van der Waals surface area contributed by atoms with Gasteiger partial charge in [-0.1, -0.05) is 12.1 Å². The fourth-order valence-corrected chi connectivity index (χ4v) is 3.08. The topological polar surface area (TPSA) is 71.5 Å². The normalized spacial score (nSPS) is 15.1. The number of carbonyl (C=O) groups is 1. The minimum Gasteiger partial charge on any atom is -0.465 e. The van der Waals surface area contributed by atoms with Crippen LogP contribution >= 0.6 is 24.8 Å². The summed E-state index contributed by atoms with van der Waals surface area (Å²) in [7, 11) is 0. The summed E-state index contributed by atoms with van der Waals surface area (Å²) >= 11 is 0. The van der Waals surface area contributed by atoms with Crippen molar-refractivity contribution in [2.24, 2.45) is 0 Å². The van der Waals surface area contributed by atoms with Gasteiger partial charge in [-0.2, -0.15) is 0 Å². The molecule has 0 spiro atoms. The van der Waals surface area contributed by atoms with Gasteiger partial charge in [-0.15, -0.1) is 24.8 Å². The lowest BCUT2D eigenvalue weighted by atomic mass is 10.1. The number of benzene rings is 1. The van der Waals surface area contributed by atoms with Crippen LogP contribution in [0.4, 0.5) is 5.69 Å². The quantitative estimate of drug-likeness (QED) is 0.771. The van der Waals surface area contributed by atoms with Gasteiger partial charge in [0.2, 0.25) is 0 Å². The second kappa shape index (κ2) is 9.70. The summed E-state index contributed by atoms with van der Waals surface area (Å²) in [6.45, 7) is 4.52. The fraction of sp³-hybridized carbons (Fsp3) is 0.389. The maximum atomic E-state index is 12.4. The van der Waals surface area contributed by atoms with E-state index in [0.29, 0.717) is 17.8 Å². The van der Waals surface area contributed by atoms with Gasteiger partial charge in [-0.3, -0.25) is 9.69 Å². The monoisotopic (exact) mass is 385 g/mol. The molecule has 3 N–H and O–H groups in total. The van der Waals surface area contributed by atoms with Crippen LogP contribution < -0.4 is 11.1 Å². The zero-order valence-electron chi connectivity index (χ0n) is 14.2. The van der Waals surface area contributed by atoms with E-state index < -0.39 is 0 Å². The Labute approximate surface area is 160 Å². The van der Waals surface area contributed by atoms with Gasteiger partial charge >= 0.3 is 0 Å². The summed E-state index contributed by atoms with van der Waals surface area (Å²) in [5, 5.41) is 3.00. The van der Waals surface area contributed by atoms with Gasteiger partial charge in [0.25, 0.3) is 5.91 Å². The van der Waals surface area contributed by atoms with E-state index in [2.05, 4.69) is 10.2 Å². The van der Waals surface area contributed by atoms with Crippen LogP contribution in [-0.2, 0) is 0 Å². The van der Waals surface area contributed by atoms with E-state index in [1.54, 1.807) is 12.1 Å². The highest BCUT2D eigenvalue weighted by molar-refractivity contribution is 5.99. The molecule has 5 nitrogen and oxygen atoms in total. The molecule has 3 rings (SSSR count). The minimum atomic E-state index is -0.143. The number of hydrogen-bond acceptors (Lipinski definition) is 4. The van der Waals surface area contributed by atoms with Crippen molar-refractivity contribution in [1.82, 2.24) is 10.2 Å². The van der Waals surface area contributed by atoms with Crippen molar-refractivity contribution in [3.63, 3.8) is 0 Å². The molecule has 0 saturated carbocycles. The van der Waals surface area contributed by atoms with Crippen LogP contribution in [0.2, 0.25) is 0 Å². The van der Waals surface area contributed by atoms with Crippen molar-refractivity contribution in [1.29, 1.82) is 0 Å². The molecule has 7 heteroatoms. The maximum Gasteiger partial charge on any atom is 0.253 e. The van der Waals surface area contributed by atoms with E-state index in [9.17, 15) is 4.79 Å². The smallest absolute Gasteiger partial charge is 0.253 e. The third-order valence-electron chi connectivity index (χ3n) is 4.33. The molecule has 1 aliphatic heterocycles. The molecule has 0 radical (unpaired) electrons. The van der Waals surface area contributed by atoms with E-state index in [-0.39, 0.29) is 36.8 Å². The van der Waals surface area contributed by atoms with E-state index in [1.807, 2.05) is 31.2 Å². The van der Waals surface area contributed by atoms with Gasteiger partial charge in [-0.25, -0.2) is 0 Å². The van der Waals surface area contributed by atoms with Gasteiger partial charge in [-0.05, 0) is 57.1 Å². The number of hydrogen-bond donors (Lipinski definition) is 2. The molecular weight excluding hydrogens is 361 g/mol. The van der Waals surface area contributed by atoms with Crippen molar-refractivity contribution >= 4 is 36.4 Å². The Kier molecular flexibility index (Phi) is 8.29. The summed E-state index contributed by atoms with van der Waals surface area (Å²) in [4.78, 5) is 14.7. The van der Waals surface area contributed by atoms with Crippen LogP contribution in [0.1, 0.15) is 40.8 Å². The minimum absolute atomic E-state index is 0. The fourth-order valence-electron chi connectivity index (χ4n) is 3.08. The first-order valence-electron chi connectivity index (χ1n) is 8.08. The Hall–Kier alpha value is -1.69. The third-order valence-corrected chi connectivity index (χ3v) is 4.33. The van der Waals surface area contributed by atoms with E-state index in [1.165, 1.54) is 12.8 Å². The van der Waals surface area contributed by atoms with Crippen molar-refractivity contribution in [3.05, 3.63) is 53.5 Å². The lowest BCUT2D eigenvalue weighted by molar-refractivity contribution is 0.0934. The molecule has 1 aromatic carbocycles. The second-order valence-corrected chi connectivity index (χ2v) is 6.00. The Balaban J connectivity index is 0.00000156. The number of amides is 1. The summed E-state index contributed by atoms with van der Waals surface area (Å²) < 4.78 is 5.80. The molecule has 1 aliphatic rings. The van der Waals surface area contributed by atoms with Gasteiger partial charge < -0.3 is 15.5 Å². The van der Waals surface area contributed by atoms with Crippen molar-refractivity contribution in [2.45, 2.75) is 25.8 Å². The third kappa shape index (κ3) is 5.14. The van der Waals surface area contributed by atoms with Gasteiger partial charge in [0.15, 0.2) is 0 Å². The molecule has 1 fully saturated rings. The first kappa shape index (κ1) is 21.4. The number of aryl methyl sites for hydroxylation is 1. The number of furan rings is 1. The number of nitrogens with one attached hydrogen (secondary N) is 1. The average molecular weight is 386 g/mol. The highest BCUT2D eigenvalue weighted by atomic mass is 35.5. The van der Waals surface area contributed by atoms with Gasteiger partial charge in [0.05, 0.1) is 11.6 Å². The summed E-state index contributed by atoms with van der Waals surface area (Å²) in [6, 6.07) is 11.2. The molecule has 1 amide bonds. The molecule has 1 aromatic heterocycles. The molecule has 1 saturated heterocycles. The molecule has 0 bridgehead atoms. The Morgan fingerprint density at radius 2 is 1.88 bits per heavy atom. The number of nitrogens with zero attached hydrogens (tertiary/aromatic N) is 1. The lowest BCUT2D eigenvalue weighted by Crippen LogP contribution is -2.36. The van der Waals surface area contributed by atoms with Crippen LogP contribution in [0, 0.1) is 6.92 Å². The zero-order chi connectivity index (χ0) is 16.2. The van der Waals surface area contributed by atoms with Crippen LogP contribution in [0.3, 0.4) is 0 Å². The molecule has 25 heavy (non-hydrogen) atoms. The Morgan fingerprint density at radius 1 is 1.20 bits per heavy atom. The number of rotatable bonds is 5. The van der Waals surface area contributed by atoms with Gasteiger partial charge in [0.1, 0.15) is 11.5 Å². The SMILES string of the molecule is Cc1ccc(C(CNC(=O)c2ccccc2N)N2CCCC2)o1.Cl.Cl. The first-order valence-corrected chi connectivity index (χ1v) is 8.08. The zero-order valence-corrected chi connectivity index (χ0v) is 15.9. The summed E-state index contributed by atoms with van der Waals surface area (Å²) in [5.74, 6) is 1.66. The largest absolute Gasteiger partial charge is 0.465 e. The summed E-state index contributed by atoms with van der Waals surface area (Å²) in [5.41, 5.74) is 6.89. The molecule has 0 aliphatic carbocycles.